The van der Waals surface area contributed by atoms with Crippen molar-refractivity contribution >= 4 is 23.4 Å². The van der Waals surface area contributed by atoms with E-state index in [4.69, 9.17) is 14.7 Å². The molecule has 0 spiro atoms. The van der Waals surface area contributed by atoms with Crippen LogP contribution in [0, 0.1) is 11.3 Å². The second-order valence-corrected chi connectivity index (χ2v) is 8.78. The van der Waals surface area contributed by atoms with Gasteiger partial charge in [0.2, 0.25) is 0 Å². The van der Waals surface area contributed by atoms with E-state index in [1.165, 1.54) is 16.2 Å². The SMILES string of the molecule is CC(C)(C)OC(=O)CCN(Cc1ccc(C#N)s1)C(=O)OC(C)(C)C. The zero-order valence-corrected chi connectivity index (χ0v) is 16.5. The fraction of sp³-hybridized carbons (Fsp3) is 0.611. The molecule has 0 radical (unpaired) electrons. The fourth-order valence-electron chi connectivity index (χ4n) is 1.89. The predicted molar refractivity (Wildman–Crippen MR) is 96.1 cm³/mol. The average molecular weight is 366 g/mol. The molecule has 6 nitrogen and oxygen atoms in total. The van der Waals surface area contributed by atoms with Crippen LogP contribution in [0.1, 0.15) is 57.7 Å². The molecule has 0 aliphatic carbocycles. The second-order valence-electron chi connectivity index (χ2n) is 7.62. The lowest BCUT2D eigenvalue weighted by Gasteiger charge is -2.27. The molecule has 0 aliphatic rings. The van der Waals surface area contributed by atoms with Crippen molar-refractivity contribution in [3.8, 4) is 6.07 Å². The lowest BCUT2D eigenvalue weighted by Crippen LogP contribution is -2.38. The number of hydrogen-bond donors (Lipinski definition) is 0. The van der Waals surface area contributed by atoms with Crippen LogP contribution in [-0.4, -0.2) is 34.7 Å². The Hall–Kier alpha value is -2.07. The van der Waals surface area contributed by atoms with Gasteiger partial charge in [0.15, 0.2) is 0 Å². The Labute approximate surface area is 153 Å². The normalized spacial score (nSPS) is 11.6. The van der Waals surface area contributed by atoms with Crippen LogP contribution in [0.2, 0.25) is 0 Å². The van der Waals surface area contributed by atoms with E-state index in [1.807, 2.05) is 0 Å². The monoisotopic (exact) mass is 366 g/mol. The highest BCUT2D eigenvalue weighted by Crippen LogP contribution is 2.20. The first kappa shape index (κ1) is 21.0. The number of esters is 1. The van der Waals surface area contributed by atoms with E-state index in [-0.39, 0.29) is 25.5 Å². The van der Waals surface area contributed by atoms with E-state index < -0.39 is 17.3 Å². The summed E-state index contributed by atoms with van der Waals surface area (Å²) in [4.78, 5) is 27.2. The lowest BCUT2D eigenvalue weighted by molar-refractivity contribution is -0.155. The summed E-state index contributed by atoms with van der Waals surface area (Å²) in [5, 5.41) is 8.93. The Balaban J connectivity index is 2.78. The molecule has 0 fully saturated rings. The summed E-state index contributed by atoms with van der Waals surface area (Å²) in [5.74, 6) is -0.370. The van der Waals surface area contributed by atoms with E-state index in [9.17, 15) is 9.59 Å². The molecule has 0 unspecified atom stereocenters. The van der Waals surface area contributed by atoms with Crippen molar-refractivity contribution in [2.24, 2.45) is 0 Å². The van der Waals surface area contributed by atoms with Crippen LogP contribution in [0.5, 0.6) is 0 Å². The molecule has 0 saturated carbocycles. The molecule has 0 aliphatic heterocycles. The standard InChI is InChI=1S/C18H26N2O4S/c1-17(2,3)23-15(21)9-10-20(16(22)24-18(4,5)6)12-14-8-7-13(11-19)25-14/h7-8H,9-10,12H2,1-6H3. The summed E-state index contributed by atoms with van der Waals surface area (Å²) in [6.45, 7) is 11.2. The van der Waals surface area contributed by atoms with Gasteiger partial charge in [-0.1, -0.05) is 0 Å². The first-order valence-electron chi connectivity index (χ1n) is 8.08. The van der Waals surface area contributed by atoms with Crippen molar-refractivity contribution in [2.45, 2.75) is 65.7 Å². The van der Waals surface area contributed by atoms with E-state index in [2.05, 4.69) is 6.07 Å². The van der Waals surface area contributed by atoms with Crippen molar-refractivity contribution in [3.63, 3.8) is 0 Å². The van der Waals surface area contributed by atoms with Crippen LogP contribution in [0.15, 0.2) is 12.1 Å². The van der Waals surface area contributed by atoms with Crippen LogP contribution in [0.25, 0.3) is 0 Å². The molecule has 0 bridgehead atoms. The predicted octanol–water partition coefficient (Wildman–Crippen LogP) is 4.09. The summed E-state index contributed by atoms with van der Waals surface area (Å²) in [6.07, 6.45) is -0.421. The highest BCUT2D eigenvalue weighted by atomic mass is 32.1. The minimum absolute atomic E-state index is 0.0764. The van der Waals surface area contributed by atoms with Gasteiger partial charge in [-0.05, 0) is 53.7 Å². The summed E-state index contributed by atoms with van der Waals surface area (Å²) in [5.41, 5.74) is -1.20. The van der Waals surface area contributed by atoms with Gasteiger partial charge in [0, 0.05) is 11.4 Å². The zero-order chi connectivity index (χ0) is 19.3. The first-order valence-corrected chi connectivity index (χ1v) is 8.90. The Kier molecular flexibility index (Phi) is 7.00. The number of ether oxygens (including phenoxy) is 2. The van der Waals surface area contributed by atoms with Crippen LogP contribution in [0.3, 0.4) is 0 Å². The van der Waals surface area contributed by atoms with Gasteiger partial charge in [0.25, 0.3) is 0 Å². The smallest absolute Gasteiger partial charge is 0.410 e. The van der Waals surface area contributed by atoms with Crippen LogP contribution in [0.4, 0.5) is 4.79 Å². The molecule has 0 aromatic carbocycles. The number of nitrogens with zero attached hydrogens (tertiary/aromatic N) is 2. The summed E-state index contributed by atoms with van der Waals surface area (Å²) in [7, 11) is 0. The number of carbonyl (C=O) groups excluding carboxylic acids is 2. The van der Waals surface area contributed by atoms with Crippen molar-refractivity contribution in [1.29, 1.82) is 5.26 Å². The van der Waals surface area contributed by atoms with Crippen LogP contribution < -0.4 is 0 Å². The number of hydrogen-bond acceptors (Lipinski definition) is 6. The van der Waals surface area contributed by atoms with E-state index in [1.54, 1.807) is 53.7 Å². The summed E-state index contributed by atoms with van der Waals surface area (Å²) in [6, 6.07) is 5.58. The number of rotatable bonds is 5. The summed E-state index contributed by atoms with van der Waals surface area (Å²) < 4.78 is 10.7. The highest BCUT2D eigenvalue weighted by Gasteiger charge is 2.24. The van der Waals surface area contributed by atoms with Crippen LogP contribution >= 0.6 is 11.3 Å². The highest BCUT2D eigenvalue weighted by molar-refractivity contribution is 7.12. The molecule has 1 aromatic rings. The number of amides is 1. The molecule has 0 atom stereocenters. The summed E-state index contributed by atoms with van der Waals surface area (Å²) >= 11 is 1.31. The lowest BCUT2D eigenvalue weighted by atomic mass is 10.2. The maximum atomic E-state index is 12.4. The molecule has 0 N–H and O–H groups in total. The molecular weight excluding hydrogens is 340 g/mol. The first-order chi connectivity index (χ1) is 11.4. The Morgan fingerprint density at radius 2 is 1.72 bits per heavy atom. The van der Waals surface area contributed by atoms with Gasteiger partial charge in [0.1, 0.15) is 22.1 Å². The van der Waals surface area contributed by atoms with Crippen LogP contribution in [-0.2, 0) is 20.8 Å². The second kappa shape index (κ2) is 8.34. The van der Waals surface area contributed by atoms with Gasteiger partial charge in [-0.3, -0.25) is 4.79 Å². The fourth-order valence-corrected chi connectivity index (χ4v) is 2.71. The number of thiophene rings is 1. The Bertz CT molecular complexity index is 647. The van der Waals surface area contributed by atoms with E-state index in [0.29, 0.717) is 4.88 Å². The van der Waals surface area contributed by atoms with E-state index in [0.717, 1.165) is 4.88 Å². The Morgan fingerprint density at radius 3 is 2.20 bits per heavy atom. The molecule has 0 saturated heterocycles. The van der Waals surface area contributed by atoms with Gasteiger partial charge >= 0.3 is 12.1 Å². The van der Waals surface area contributed by atoms with Gasteiger partial charge in [-0.15, -0.1) is 11.3 Å². The molecule has 1 amide bonds. The van der Waals surface area contributed by atoms with Gasteiger partial charge < -0.3 is 14.4 Å². The van der Waals surface area contributed by atoms with Crippen molar-refractivity contribution < 1.29 is 19.1 Å². The topological polar surface area (TPSA) is 79.6 Å². The number of carbonyl (C=O) groups is 2. The molecular formula is C18H26N2O4S. The van der Waals surface area contributed by atoms with Crippen molar-refractivity contribution in [1.82, 2.24) is 4.90 Å². The molecule has 1 aromatic heterocycles. The third-order valence-electron chi connectivity index (χ3n) is 2.78. The van der Waals surface area contributed by atoms with Gasteiger partial charge in [-0.25, -0.2) is 4.79 Å². The molecule has 25 heavy (non-hydrogen) atoms. The molecule has 1 rings (SSSR count). The zero-order valence-electron chi connectivity index (χ0n) is 15.7. The van der Waals surface area contributed by atoms with Crippen molar-refractivity contribution in [2.75, 3.05) is 6.54 Å². The molecule has 7 heteroatoms. The maximum absolute atomic E-state index is 12.4. The molecule has 138 valence electrons. The quantitative estimate of drug-likeness (QED) is 0.733. The number of nitriles is 1. The van der Waals surface area contributed by atoms with Gasteiger partial charge in [0.05, 0.1) is 13.0 Å². The maximum Gasteiger partial charge on any atom is 0.410 e. The minimum Gasteiger partial charge on any atom is -0.460 e. The average Bonchev–Trinajstić information content (AvgIpc) is 2.87. The largest absolute Gasteiger partial charge is 0.460 e. The Morgan fingerprint density at radius 1 is 1.12 bits per heavy atom. The van der Waals surface area contributed by atoms with E-state index >= 15 is 0 Å². The van der Waals surface area contributed by atoms with Crippen molar-refractivity contribution in [3.05, 3.63) is 21.9 Å². The molecule has 1 heterocycles. The minimum atomic E-state index is -0.630. The third-order valence-corrected chi connectivity index (χ3v) is 3.75. The van der Waals surface area contributed by atoms with Gasteiger partial charge in [-0.2, -0.15) is 5.26 Å². The third kappa shape index (κ3) is 8.54.